The topological polar surface area (TPSA) is 29.3 Å². The van der Waals surface area contributed by atoms with Gasteiger partial charge in [0.1, 0.15) is 0 Å². The highest BCUT2D eigenvalue weighted by Crippen LogP contribution is 2.37. The van der Waals surface area contributed by atoms with E-state index in [4.69, 9.17) is 5.73 Å². The molecule has 1 fully saturated rings. The van der Waals surface area contributed by atoms with Crippen molar-refractivity contribution in [2.24, 2.45) is 11.7 Å². The third-order valence-electron chi connectivity index (χ3n) is 5.11. The fourth-order valence-corrected chi connectivity index (χ4v) is 3.59. The van der Waals surface area contributed by atoms with Crippen LogP contribution in [0.3, 0.4) is 0 Å². The van der Waals surface area contributed by atoms with E-state index >= 15 is 0 Å². The summed E-state index contributed by atoms with van der Waals surface area (Å²) in [5.74, 6) is 0.715. The molecule has 0 spiro atoms. The fourth-order valence-electron chi connectivity index (χ4n) is 3.59. The summed E-state index contributed by atoms with van der Waals surface area (Å²) in [6, 6.07) is 10.8. The van der Waals surface area contributed by atoms with Crippen LogP contribution in [0.4, 0.5) is 0 Å². The Morgan fingerprint density at radius 2 is 2.00 bits per heavy atom. The molecule has 0 radical (unpaired) electrons. The monoisotopic (exact) mass is 260 g/mol. The van der Waals surface area contributed by atoms with Gasteiger partial charge in [-0.05, 0) is 37.8 Å². The van der Waals surface area contributed by atoms with Crippen molar-refractivity contribution in [1.82, 2.24) is 4.90 Å². The minimum absolute atomic E-state index is 0.229. The number of benzene rings is 1. The largest absolute Gasteiger partial charge is 0.329 e. The first-order chi connectivity index (χ1) is 9.19. The van der Waals surface area contributed by atoms with Gasteiger partial charge in [0.2, 0.25) is 0 Å². The van der Waals surface area contributed by atoms with E-state index in [2.05, 4.69) is 49.2 Å². The third-order valence-corrected chi connectivity index (χ3v) is 5.11. The Morgan fingerprint density at radius 1 is 1.26 bits per heavy atom. The third kappa shape index (κ3) is 3.18. The zero-order chi connectivity index (χ0) is 13.7. The van der Waals surface area contributed by atoms with E-state index in [1.807, 2.05) is 0 Å². The van der Waals surface area contributed by atoms with Gasteiger partial charge in [0.05, 0.1) is 0 Å². The van der Waals surface area contributed by atoms with Gasteiger partial charge in [-0.1, -0.05) is 50.1 Å². The Morgan fingerprint density at radius 3 is 2.63 bits per heavy atom. The van der Waals surface area contributed by atoms with Crippen LogP contribution in [0.2, 0.25) is 0 Å². The van der Waals surface area contributed by atoms with Crippen LogP contribution in [0.5, 0.6) is 0 Å². The molecule has 0 aromatic heterocycles. The summed E-state index contributed by atoms with van der Waals surface area (Å²) < 4.78 is 0. The normalized spacial score (nSPS) is 27.7. The number of nitrogens with zero attached hydrogens (tertiary/aromatic N) is 1. The van der Waals surface area contributed by atoms with Gasteiger partial charge in [0.15, 0.2) is 0 Å². The average Bonchev–Trinajstić information content (AvgIpc) is 2.46. The van der Waals surface area contributed by atoms with Crippen LogP contribution in [0, 0.1) is 5.92 Å². The Bertz CT molecular complexity index is 376. The van der Waals surface area contributed by atoms with E-state index in [1.165, 1.54) is 31.2 Å². The molecular weight excluding hydrogens is 232 g/mol. The lowest BCUT2D eigenvalue weighted by Gasteiger charge is -2.48. The molecule has 1 aromatic rings. The highest BCUT2D eigenvalue weighted by Gasteiger charge is 2.39. The predicted molar refractivity (Wildman–Crippen MR) is 82.2 cm³/mol. The summed E-state index contributed by atoms with van der Waals surface area (Å²) in [7, 11) is 2.26. The highest BCUT2D eigenvalue weighted by molar-refractivity contribution is 5.15. The minimum Gasteiger partial charge on any atom is -0.329 e. The first-order valence-corrected chi connectivity index (χ1v) is 7.64. The van der Waals surface area contributed by atoms with Crippen molar-refractivity contribution in [2.75, 3.05) is 20.1 Å². The molecule has 2 atom stereocenters. The maximum atomic E-state index is 6.16. The second-order valence-corrected chi connectivity index (χ2v) is 6.11. The van der Waals surface area contributed by atoms with Gasteiger partial charge >= 0.3 is 0 Å². The Hall–Kier alpha value is -0.860. The van der Waals surface area contributed by atoms with Crippen LogP contribution in [0.25, 0.3) is 0 Å². The van der Waals surface area contributed by atoms with Crippen LogP contribution in [-0.4, -0.2) is 30.6 Å². The molecule has 106 valence electrons. The first kappa shape index (κ1) is 14.5. The van der Waals surface area contributed by atoms with Crippen molar-refractivity contribution in [1.29, 1.82) is 0 Å². The van der Waals surface area contributed by atoms with Gasteiger partial charge in [-0.15, -0.1) is 0 Å². The molecule has 19 heavy (non-hydrogen) atoms. The molecule has 1 aliphatic rings. The zero-order valence-electron chi connectivity index (χ0n) is 12.4. The lowest BCUT2D eigenvalue weighted by atomic mass is 9.72. The summed E-state index contributed by atoms with van der Waals surface area (Å²) in [6.07, 6.45) is 6.40. The van der Waals surface area contributed by atoms with Crippen LogP contribution < -0.4 is 5.73 Å². The van der Waals surface area contributed by atoms with E-state index in [1.54, 1.807) is 0 Å². The van der Waals surface area contributed by atoms with Crippen LogP contribution >= 0.6 is 0 Å². The summed E-state index contributed by atoms with van der Waals surface area (Å²) in [5.41, 5.74) is 7.81. The van der Waals surface area contributed by atoms with E-state index in [9.17, 15) is 0 Å². The predicted octanol–water partition coefficient (Wildman–Crippen LogP) is 3.07. The highest BCUT2D eigenvalue weighted by atomic mass is 15.2. The van der Waals surface area contributed by atoms with Crippen LogP contribution in [-0.2, 0) is 6.42 Å². The van der Waals surface area contributed by atoms with Crippen molar-refractivity contribution in [3.05, 3.63) is 35.9 Å². The summed E-state index contributed by atoms with van der Waals surface area (Å²) in [5, 5.41) is 0. The van der Waals surface area contributed by atoms with Gasteiger partial charge in [0.25, 0.3) is 0 Å². The molecule has 1 saturated carbocycles. The molecule has 0 amide bonds. The van der Waals surface area contributed by atoms with Crippen molar-refractivity contribution < 1.29 is 0 Å². The van der Waals surface area contributed by atoms with E-state index in [0.29, 0.717) is 5.92 Å². The van der Waals surface area contributed by atoms with E-state index in [-0.39, 0.29) is 5.54 Å². The Kier molecular flexibility index (Phi) is 5.00. The van der Waals surface area contributed by atoms with Gasteiger partial charge < -0.3 is 5.73 Å². The molecule has 0 heterocycles. The molecule has 2 nitrogen and oxygen atoms in total. The number of hydrogen-bond acceptors (Lipinski definition) is 2. The quantitative estimate of drug-likeness (QED) is 0.881. The SMILES string of the molecule is CC1CCCCC1(CN)N(C)CCc1ccccc1. The van der Waals surface area contributed by atoms with Gasteiger partial charge in [-0.3, -0.25) is 4.90 Å². The molecule has 1 aromatic carbocycles. The van der Waals surface area contributed by atoms with Crippen molar-refractivity contribution in [3.63, 3.8) is 0 Å². The molecule has 0 bridgehead atoms. The Balaban J connectivity index is 1.98. The van der Waals surface area contributed by atoms with Crippen molar-refractivity contribution >= 4 is 0 Å². The summed E-state index contributed by atoms with van der Waals surface area (Å²) >= 11 is 0. The van der Waals surface area contributed by atoms with Crippen molar-refractivity contribution in [3.8, 4) is 0 Å². The van der Waals surface area contributed by atoms with Gasteiger partial charge in [-0.25, -0.2) is 0 Å². The average molecular weight is 260 g/mol. The molecular formula is C17H28N2. The molecule has 2 rings (SSSR count). The molecule has 1 aliphatic carbocycles. The fraction of sp³-hybridized carbons (Fsp3) is 0.647. The second-order valence-electron chi connectivity index (χ2n) is 6.11. The number of likely N-dealkylation sites (N-methyl/N-ethyl adjacent to an activating group) is 1. The molecule has 2 heteroatoms. The Labute approximate surface area is 118 Å². The molecule has 0 saturated heterocycles. The van der Waals surface area contributed by atoms with Crippen LogP contribution in [0.15, 0.2) is 30.3 Å². The zero-order valence-corrected chi connectivity index (χ0v) is 12.4. The minimum atomic E-state index is 0.229. The van der Waals surface area contributed by atoms with E-state index in [0.717, 1.165) is 19.5 Å². The summed E-state index contributed by atoms with van der Waals surface area (Å²) in [4.78, 5) is 2.53. The van der Waals surface area contributed by atoms with Gasteiger partial charge in [-0.2, -0.15) is 0 Å². The van der Waals surface area contributed by atoms with Crippen molar-refractivity contribution in [2.45, 2.75) is 44.6 Å². The van der Waals surface area contributed by atoms with E-state index < -0.39 is 0 Å². The van der Waals surface area contributed by atoms with Gasteiger partial charge in [0, 0.05) is 18.6 Å². The maximum absolute atomic E-state index is 6.16. The number of rotatable bonds is 5. The standard InChI is InChI=1S/C17H28N2/c1-15-8-6-7-12-17(15,14-18)19(2)13-11-16-9-4-3-5-10-16/h3-5,9-10,15H,6-8,11-14,18H2,1-2H3. The molecule has 2 unspecified atom stereocenters. The second kappa shape index (κ2) is 6.53. The molecule has 0 aliphatic heterocycles. The maximum Gasteiger partial charge on any atom is 0.0354 e. The lowest BCUT2D eigenvalue weighted by Crippen LogP contribution is -2.58. The van der Waals surface area contributed by atoms with Crippen LogP contribution in [0.1, 0.15) is 38.2 Å². The smallest absolute Gasteiger partial charge is 0.0354 e. The number of hydrogen-bond donors (Lipinski definition) is 1. The lowest BCUT2D eigenvalue weighted by molar-refractivity contribution is 0.0347. The molecule has 2 N–H and O–H groups in total. The summed E-state index contributed by atoms with van der Waals surface area (Å²) in [6.45, 7) is 4.27. The first-order valence-electron chi connectivity index (χ1n) is 7.64. The number of nitrogens with two attached hydrogens (primary N) is 1.